The van der Waals surface area contributed by atoms with E-state index < -0.39 is 0 Å². The van der Waals surface area contributed by atoms with Crippen molar-refractivity contribution >= 4 is 45.0 Å². The van der Waals surface area contributed by atoms with Crippen molar-refractivity contribution in [3.8, 4) is 0 Å². The predicted molar refractivity (Wildman–Crippen MR) is 96.9 cm³/mol. The molecule has 0 aromatic carbocycles. The van der Waals surface area contributed by atoms with Gasteiger partial charge in [-0.1, -0.05) is 24.8 Å². The smallest absolute Gasteiger partial charge is 0.230 e. The third-order valence-electron chi connectivity index (χ3n) is 3.94. The van der Waals surface area contributed by atoms with Crippen LogP contribution in [0.25, 0.3) is 10.2 Å². The zero-order valence-electron chi connectivity index (χ0n) is 13.1. The summed E-state index contributed by atoms with van der Waals surface area (Å²) in [5.41, 5.74) is 7.51. The zero-order chi connectivity index (χ0) is 16.4. The van der Waals surface area contributed by atoms with Crippen LogP contribution in [0.2, 0.25) is 0 Å². The molecule has 0 bridgehead atoms. The number of thioether (sulfide) groups is 1. The quantitative estimate of drug-likeness (QED) is 0.493. The molecular weight excluding hydrogens is 328 g/mol. The summed E-state index contributed by atoms with van der Waals surface area (Å²) in [6.45, 7) is 6.33. The molecule has 3 rings (SSSR count). The highest BCUT2D eigenvalue weighted by Crippen LogP contribution is 2.39. The van der Waals surface area contributed by atoms with Gasteiger partial charge in [0.25, 0.3) is 0 Å². The van der Waals surface area contributed by atoms with Crippen molar-refractivity contribution in [2.75, 3.05) is 18.0 Å². The van der Waals surface area contributed by atoms with Gasteiger partial charge in [0.2, 0.25) is 5.91 Å². The fourth-order valence-corrected chi connectivity index (χ4v) is 4.91. The molecular formula is C16H20N4OS2. The number of aromatic nitrogens is 2. The molecule has 0 aliphatic heterocycles. The van der Waals surface area contributed by atoms with E-state index in [-0.39, 0.29) is 11.7 Å². The van der Waals surface area contributed by atoms with Crippen molar-refractivity contribution in [3.05, 3.63) is 23.1 Å². The molecule has 1 unspecified atom stereocenters. The van der Waals surface area contributed by atoms with Crippen molar-refractivity contribution in [2.24, 2.45) is 5.92 Å². The maximum atomic E-state index is 11.7. The molecule has 0 saturated carbocycles. The number of carbonyl (C=O) groups excluding carboxylic acids is 1. The first kappa shape index (κ1) is 16.3. The minimum absolute atomic E-state index is 0.0588. The number of nitrogens with zero attached hydrogens (tertiary/aromatic N) is 2. The summed E-state index contributed by atoms with van der Waals surface area (Å²) in [5.74, 6) is 1.47. The second kappa shape index (κ2) is 6.88. The van der Waals surface area contributed by atoms with E-state index in [1.54, 1.807) is 17.4 Å². The number of anilines is 1. The Morgan fingerprint density at radius 2 is 2.39 bits per heavy atom. The lowest BCUT2D eigenvalue weighted by Gasteiger charge is -2.17. The Morgan fingerprint density at radius 3 is 3.17 bits per heavy atom. The highest BCUT2D eigenvalue weighted by molar-refractivity contribution is 7.99. The summed E-state index contributed by atoms with van der Waals surface area (Å²) in [4.78, 5) is 23.0. The highest BCUT2D eigenvalue weighted by Gasteiger charge is 2.23. The van der Waals surface area contributed by atoms with Gasteiger partial charge in [-0.2, -0.15) is 0 Å². The molecule has 2 aromatic rings. The van der Waals surface area contributed by atoms with Crippen LogP contribution < -0.4 is 11.1 Å². The molecule has 3 N–H and O–H groups in total. The molecule has 1 aliphatic carbocycles. The number of thiophene rings is 1. The Labute approximate surface area is 143 Å². The van der Waals surface area contributed by atoms with E-state index in [0.717, 1.165) is 23.1 Å². The highest BCUT2D eigenvalue weighted by atomic mass is 32.2. The molecule has 0 saturated heterocycles. The first-order valence-electron chi connectivity index (χ1n) is 7.66. The third-order valence-corrected chi connectivity index (χ3v) is 5.93. The van der Waals surface area contributed by atoms with E-state index in [2.05, 4.69) is 28.8 Å². The van der Waals surface area contributed by atoms with Gasteiger partial charge in [0.05, 0.1) is 11.1 Å². The first-order valence-corrected chi connectivity index (χ1v) is 9.46. The Balaban J connectivity index is 1.81. The molecule has 122 valence electrons. The Hall–Kier alpha value is -1.60. The van der Waals surface area contributed by atoms with Crippen LogP contribution in [-0.4, -0.2) is 28.2 Å². The maximum absolute atomic E-state index is 11.7. The van der Waals surface area contributed by atoms with Crippen LogP contribution >= 0.6 is 23.1 Å². The van der Waals surface area contributed by atoms with Crippen LogP contribution in [0.1, 0.15) is 23.8 Å². The van der Waals surface area contributed by atoms with Gasteiger partial charge in [0, 0.05) is 11.4 Å². The third kappa shape index (κ3) is 3.50. The minimum Gasteiger partial charge on any atom is -0.383 e. The second-order valence-electron chi connectivity index (χ2n) is 5.80. The number of nitrogens with two attached hydrogens (primary N) is 1. The molecule has 7 heteroatoms. The predicted octanol–water partition coefficient (Wildman–Crippen LogP) is 2.79. The standard InChI is InChI=1S/C16H20N4OS2/c1-3-6-18-12(21)8-22-16-19-14(17)13-10-5-4-9(2)7-11(10)23-15(13)20-16/h3,9H,1,4-8H2,2H3,(H,18,21)(H2,17,19,20). The fourth-order valence-electron chi connectivity index (χ4n) is 2.78. The molecule has 2 heterocycles. The van der Waals surface area contributed by atoms with Gasteiger partial charge in [-0.05, 0) is 30.7 Å². The largest absolute Gasteiger partial charge is 0.383 e. The van der Waals surface area contributed by atoms with E-state index in [9.17, 15) is 4.79 Å². The summed E-state index contributed by atoms with van der Waals surface area (Å²) in [6, 6.07) is 0. The summed E-state index contributed by atoms with van der Waals surface area (Å²) in [5, 5.41) is 4.33. The number of hydrogen-bond acceptors (Lipinski definition) is 6. The monoisotopic (exact) mass is 348 g/mol. The molecule has 0 spiro atoms. The van der Waals surface area contributed by atoms with Gasteiger partial charge in [-0.15, -0.1) is 17.9 Å². The van der Waals surface area contributed by atoms with Crippen molar-refractivity contribution in [2.45, 2.75) is 31.3 Å². The molecule has 0 fully saturated rings. The van der Waals surface area contributed by atoms with Crippen LogP contribution in [0.15, 0.2) is 17.8 Å². The molecule has 2 aromatic heterocycles. The molecule has 1 amide bonds. The molecule has 1 atom stereocenters. The van der Waals surface area contributed by atoms with E-state index in [4.69, 9.17) is 5.73 Å². The molecule has 23 heavy (non-hydrogen) atoms. The van der Waals surface area contributed by atoms with Gasteiger partial charge in [-0.25, -0.2) is 9.97 Å². The number of nitrogens with one attached hydrogen (secondary N) is 1. The Morgan fingerprint density at radius 1 is 1.57 bits per heavy atom. The number of rotatable bonds is 5. The van der Waals surface area contributed by atoms with E-state index in [1.807, 2.05) is 0 Å². The summed E-state index contributed by atoms with van der Waals surface area (Å²) in [6.07, 6.45) is 5.00. The SMILES string of the molecule is C=CCNC(=O)CSc1nc(N)c2c3c(sc2n1)CC(C)CC3. The van der Waals surface area contributed by atoms with Crippen LogP contribution in [0.4, 0.5) is 5.82 Å². The van der Waals surface area contributed by atoms with Gasteiger partial charge >= 0.3 is 0 Å². The average Bonchev–Trinajstić information content (AvgIpc) is 2.88. The number of nitrogen functional groups attached to an aromatic ring is 1. The second-order valence-corrected chi connectivity index (χ2v) is 7.83. The lowest BCUT2D eigenvalue weighted by atomic mass is 9.89. The van der Waals surface area contributed by atoms with Crippen molar-refractivity contribution in [1.29, 1.82) is 0 Å². The summed E-state index contributed by atoms with van der Waals surface area (Å²) in [7, 11) is 0. The van der Waals surface area contributed by atoms with Gasteiger partial charge in [-0.3, -0.25) is 4.79 Å². The zero-order valence-corrected chi connectivity index (χ0v) is 14.7. The molecule has 5 nitrogen and oxygen atoms in total. The first-order chi connectivity index (χ1) is 11.1. The van der Waals surface area contributed by atoms with Gasteiger partial charge in [0.15, 0.2) is 5.16 Å². The Bertz CT molecular complexity index is 756. The van der Waals surface area contributed by atoms with Crippen molar-refractivity contribution in [3.63, 3.8) is 0 Å². The van der Waals surface area contributed by atoms with Crippen LogP contribution in [0, 0.1) is 5.92 Å². The number of hydrogen-bond donors (Lipinski definition) is 2. The fraction of sp³-hybridized carbons (Fsp3) is 0.438. The van der Waals surface area contributed by atoms with Crippen LogP contribution in [0.3, 0.4) is 0 Å². The summed E-state index contributed by atoms with van der Waals surface area (Å²) >= 11 is 3.03. The average molecular weight is 348 g/mol. The van der Waals surface area contributed by atoms with Gasteiger partial charge in [0.1, 0.15) is 10.6 Å². The van der Waals surface area contributed by atoms with E-state index in [0.29, 0.717) is 23.4 Å². The number of fused-ring (bicyclic) bond motifs is 3. The topological polar surface area (TPSA) is 80.9 Å². The normalized spacial score (nSPS) is 17.0. The lowest BCUT2D eigenvalue weighted by Crippen LogP contribution is -2.25. The maximum Gasteiger partial charge on any atom is 0.230 e. The lowest BCUT2D eigenvalue weighted by molar-refractivity contribution is -0.118. The van der Waals surface area contributed by atoms with Crippen molar-refractivity contribution < 1.29 is 4.79 Å². The minimum atomic E-state index is -0.0588. The molecule has 0 radical (unpaired) electrons. The van der Waals surface area contributed by atoms with Crippen molar-refractivity contribution in [1.82, 2.24) is 15.3 Å². The van der Waals surface area contributed by atoms with E-state index in [1.165, 1.54) is 28.6 Å². The summed E-state index contributed by atoms with van der Waals surface area (Å²) < 4.78 is 0. The number of amides is 1. The van der Waals surface area contributed by atoms with E-state index >= 15 is 0 Å². The van der Waals surface area contributed by atoms with Gasteiger partial charge < -0.3 is 11.1 Å². The van der Waals surface area contributed by atoms with Crippen LogP contribution in [-0.2, 0) is 17.6 Å². The number of carbonyl (C=O) groups is 1. The van der Waals surface area contributed by atoms with Crippen LogP contribution in [0.5, 0.6) is 0 Å². The molecule has 1 aliphatic rings. The Kier molecular flexibility index (Phi) is 4.87. The number of aryl methyl sites for hydroxylation is 1.